The second-order valence-electron chi connectivity index (χ2n) is 6.68. The number of rotatable bonds is 8. The first-order valence-electron chi connectivity index (χ1n) is 9.04. The van der Waals surface area contributed by atoms with Gasteiger partial charge in [-0.05, 0) is 44.0 Å². The van der Waals surface area contributed by atoms with Crippen molar-refractivity contribution in [1.29, 1.82) is 0 Å². The van der Waals surface area contributed by atoms with E-state index in [1.165, 1.54) is 43.2 Å². The Kier molecular flexibility index (Phi) is 7.57. The van der Waals surface area contributed by atoms with Gasteiger partial charge in [-0.25, -0.2) is 8.42 Å². The Morgan fingerprint density at radius 3 is 2.31 bits per heavy atom. The van der Waals surface area contributed by atoms with Crippen molar-refractivity contribution in [2.75, 3.05) is 26.8 Å². The molecular weight excluding hydrogens is 402 g/mol. The van der Waals surface area contributed by atoms with Gasteiger partial charge in [0.25, 0.3) is 5.91 Å². The van der Waals surface area contributed by atoms with Crippen LogP contribution in [0.4, 0.5) is 0 Å². The van der Waals surface area contributed by atoms with Gasteiger partial charge >= 0.3 is 5.97 Å². The molecule has 10 nitrogen and oxygen atoms in total. The van der Waals surface area contributed by atoms with Gasteiger partial charge < -0.3 is 20.1 Å². The number of piperidine rings is 1. The first-order chi connectivity index (χ1) is 13.6. The first kappa shape index (κ1) is 22.6. The van der Waals surface area contributed by atoms with Gasteiger partial charge in [-0.1, -0.05) is 0 Å². The number of nitrogens with one attached hydrogen (secondary N) is 1. The summed E-state index contributed by atoms with van der Waals surface area (Å²) < 4.78 is 36.8. The Morgan fingerprint density at radius 2 is 1.79 bits per heavy atom. The molecule has 1 fully saturated rings. The Labute approximate surface area is 169 Å². The van der Waals surface area contributed by atoms with E-state index in [9.17, 15) is 22.8 Å². The summed E-state index contributed by atoms with van der Waals surface area (Å²) in [4.78, 5) is 36.8. The molecule has 1 atom stereocenters. The number of ether oxygens (including phenoxy) is 2. The molecule has 160 valence electrons. The summed E-state index contributed by atoms with van der Waals surface area (Å²) in [6.07, 6.45) is 0.931. The highest BCUT2D eigenvalue weighted by atomic mass is 32.2. The van der Waals surface area contributed by atoms with Gasteiger partial charge in [-0.15, -0.1) is 0 Å². The molecule has 0 aromatic heterocycles. The Hall–Kier alpha value is -2.66. The summed E-state index contributed by atoms with van der Waals surface area (Å²) in [5.74, 6) is -1.43. The molecule has 2 amide bonds. The summed E-state index contributed by atoms with van der Waals surface area (Å²) in [6.45, 7) is 1.52. The van der Waals surface area contributed by atoms with E-state index in [1.54, 1.807) is 0 Å². The summed E-state index contributed by atoms with van der Waals surface area (Å²) in [5, 5.41) is 0. The monoisotopic (exact) mass is 427 g/mol. The Bertz CT molecular complexity index is 847. The van der Waals surface area contributed by atoms with E-state index in [1.807, 2.05) is 0 Å². The lowest BCUT2D eigenvalue weighted by molar-refractivity contribution is -0.153. The number of benzene rings is 1. The average Bonchev–Trinajstić information content (AvgIpc) is 2.71. The smallest absolute Gasteiger partial charge is 0.324 e. The number of nitrogens with two attached hydrogens (primary N) is 1. The zero-order valence-corrected chi connectivity index (χ0v) is 17.1. The van der Waals surface area contributed by atoms with Crippen LogP contribution in [0.25, 0.3) is 0 Å². The van der Waals surface area contributed by atoms with Gasteiger partial charge in [0.05, 0.1) is 12.0 Å². The van der Waals surface area contributed by atoms with E-state index in [-0.39, 0.29) is 16.7 Å². The number of carbonyl (C=O) groups excluding carboxylic acids is 3. The molecule has 0 aliphatic carbocycles. The van der Waals surface area contributed by atoms with Gasteiger partial charge in [0.15, 0.2) is 6.61 Å². The van der Waals surface area contributed by atoms with E-state index in [0.29, 0.717) is 31.7 Å². The van der Waals surface area contributed by atoms with Gasteiger partial charge in [-0.2, -0.15) is 4.72 Å². The predicted octanol–water partition coefficient (Wildman–Crippen LogP) is -0.371. The zero-order chi connectivity index (χ0) is 21.6. The molecule has 1 aromatic rings. The van der Waals surface area contributed by atoms with Crippen LogP contribution in [0, 0.1) is 5.92 Å². The third-order valence-electron chi connectivity index (χ3n) is 4.64. The first-order valence-corrected chi connectivity index (χ1v) is 10.5. The lowest BCUT2D eigenvalue weighted by atomic mass is 9.96. The van der Waals surface area contributed by atoms with Crippen LogP contribution in [0.15, 0.2) is 29.2 Å². The standard InChI is InChI=1S/C18H25N3O7S/c1-12(20-29(25,26)15-5-3-14(27-2)4-6-15)18(24)28-11-16(22)21-9-7-13(8-10-21)17(19)23/h3-6,12-13,20H,7-11H2,1-2H3,(H2,19,23). The number of primary amides is 1. The van der Waals surface area contributed by atoms with Crippen LogP contribution in [-0.2, 0) is 29.1 Å². The predicted molar refractivity (Wildman–Crippen MR) is 102 cm³/mol. The molecule has 0 saturated carbocycles. The zero-order valence-electron chi connectivity index (χ0n) is 16.3. The van der Waals surface area contributed by atoms with Crippen molar-refractivity contribution in [3.8, 4) is 5.75 Å². The molecule has 1 aromatic carbocycles. The van der Waals surface area contributed by atoms with Crippen LogP contribution >= 0.6 is 0 Å². The molecule has 1 saturated heterocycles. The highest BCUT2D eigenvalue weighted by Crippen LogP contribution is 2.17. The van der Waals surface area contributed by atoms with Crippen molar-refractivity contribution >= 4 is 27.8 Å². The van der Waals surface area contributed by atoms with E-state index in [0.717, 1.165) is 0 Å². The van der Waals surface area contributed by atoms with Crippen LogP contribution in [0.3, 0.4) is 0 Å². The van der Waals surface area contributed by atoms with Crippen LogP contribution in [0.1, 0.15) is 19.8 Å². The fraction of sp³-hybridized carbons (Fsp3) is 0.500. The molecule has 29 heavy (non-hydrogen) atoms. The van der Waals surface area contributed by atoms with Gasteiger partial charge in [-0.3, -0.25) is 14.4 Å². The number of hydrogen-bond donors (Lipinski definition) is 2. The second-order valence-corrected chi connectivity index (χ2v) is 8.40. The number of methoxy groups -OCH3 is 1. The maximum Gasteiger partial charge on any atom is 0.324 e. The molecule has 0 radical (unpaired) electrons. The number of hydrogen-bond acceptors (Lipinski definition) is 7. The Balaban J connectivity index is 1.83. The SMILES string of the molecule is COc1ccc(S(=O)(=O)NC(C)C(=O)OCC(=O)N2CCC(C(N)=O)CC2)cc1. The molecule has 11 heteroatoms. The number of sulfonamides is 1. The van der Waals surface area contributed by atoms with Gasteiger partial charge in [0, 0.05) is 19.0 Å². The summed E-state index contributed by atoms with van der Waals surface area (Å²) in [5.41, 5.74) is 5.25. The van der Waals surface area contributed by atoms with Crippen molar-refractivity contribution in [3.05, 3.63) is 24.3 Å². The number of likely N-dealkylation sites (tertiary alicyclic amines) is 1. The highest BCUT2D eigenvalue weighted by Gasteiger charge is 2.28. The van der Waals surface area contributed by atoms with Crippen LogP contribution < -0.4 is 15.2 Å². The molecule has 1 aliphatic rings. The van der Waals surface area contributed by atoms with Crippen molar-refractivity contribution < 1.29 is 32.3 Å². The van der Waals surface area contributed by atoms with Crippen molar-refractivity contribution in [1.82, 2.24) is 9.62 Å². The van der Waals surface area contributed by atoms with Crippen molar-refractivity contribution in [3.63, 3.8) is 0 Å². The fourth-order valence-electron chi connectivity index (χ4n) is 2.87. The summed E-state index contributed by atoms with van der Waals surface area (Å²) >= 11 is 0. The quantitative estimate of drug-likeness (QED) is 0.538. The number of esters is 1. The maximum absolute atomic E-state index is 12.3. The summed E-state index contributed by atoms with van der Waals surface area (Å²) in [7, 11) is -2.49. The molecular formula is C18H25N3O7S. The third-order valence-corrected chi connectivity index (χ3v) is 6.20. The van der Waals surface area contributed by atoms with Crippen LogP contribution in [0.2, 0.25) is 0 Å². The minimum absolute atomic E-state index is 0.0358. The normalized spacial score (nSPS) is 16.1. The minimum atomic E-state index is -3.95. The number of nitrogens with zero attached hydrogens (tertiary/aromatic N) is 1. The molecule has 1 heterocycles. The van der Waals surface area contributed by atoms with E-state index in [2.05, 4.69) is 4.72 Å². The largest absolute Gasteiger partial charge is 0.497 e. The maximum atomic E-state index is 12.3. The van der Waals surface area contributed by atoms with Gasteiger partial charge in [0.2, 0.25) is 15.9 Å². The van der Waals surface area contributed by atoms with Crippen molar-refractivity contribution in [2.24, 2.45) is 11.7 Å². The molecule has 3 N–H and O–H groups in total. The molecule has 2 rings (SSSR count). The third kappa shape index (κ3) is 6.16. The second kappa shape index (κ2) is 9.70. The summed E-state index contributed by atoms with van der Waals surface area (Å²) in [6, 6.07) is 4.47. The van der Waals surface area contributed by atoms with Crippen molar-refractivity contribution in [2.45, 2.75) is 30.7 Å². The fourth-order valence-corrected chi connectivity index (χ4v) is 4.06. The van der Waals surface area contributed by atoms with Crippen LogP contribution in [0.5, 0.6) is 5.75 Å². The molecule has 1 aliphatic heterocycles. The number of amides is 2. The highest BCUT2D eigenvalue weighted by molar-refractivity contribution is 7.89. The topological polar surface area (TPSA) is 145 Å². The molecule has 0 bridgehead atoms. The minimum Gasteiger partial charge on any atom is -0.497 e. The molecule has 0 spiro atoms. The molecule has 1 unspecified atom stereocenters. The van der Waals surface area contributed by atoms with E-state index in [4.69, 9.17) is 15.2 Å². The van der Waals surface area contributed by atoms with Gasteiger partial charge in [0.1, 0.15) is 11.8 Å². The van der Waals surface area contributed by atoms with E-state index >= 15 is 0 Å². The average molecular weight is 427 g/mol. The lowest BCUT2D eigenvalue weighted by Crippen LogP contribution is -2.44. The lowest BCUT2D eigenvalue weighted by Gasteiger charge is -2.30. The van der Waals surface area contributed by atoms with E-state index < -0.39 is 34.5 Å². The number of carbonyl (C=O) groups is 3. The Morgan fingerprint density at radius 1 is 1.21 bits per heavy atom. The van der Waals surface area contributed by atoms with Crippen LogP contribution in [-0.4, -0.2) is 63.9 Å².